The van der Waals surface area contributed by atoms with Crippen molar-refractivity contribution in [3.63, 3.8) is 0 Å². The predicted octanol–water partition coefficient (Wildman–Crippen LogP) is 5.13. The first-order valence-electron chi connectivity index (χ1n) is 7.07. The molecule has 102 valence electrons. The minimum absolute atomic E-state index is 0.379. The van der Waals surface area contributed by atoms with Gasteiger partial charge in [0.1, 0.15) is 0 Å². The van der Waals surface area contributed by atoms with Gasteiger partial charge in [-0.25, -0.2) is 0 Å². The highest BCUT2D eigenvalue weighted by Gasteiger charge is 2.16. The Hall–Kier alpha value is -0.530. The molecule has 1 nitrogen and oxygen atoms in total. The van der Waals surface area contributed by atoms with Crippen molar-refractivity contribution in [3.05, 3.63) is 34.3 Å². The Morgan fingerprint density at radius 2 is 2.00 bits per heavy atom. The fourth-order valence-electron chi connectivity index (χ4n) is 2.49. The van der Waals surface area contributed by atoms with Gasteiger partial charge in [-0.15, -0.1) is 0 Å². The van der Waals surface area contributed by atoms with Crippen molar-refractivity contribution in [1.82, 2.24) is 5.32 Å². The van der Waals surface area contributed by atoms with Crippen molar-refractivity contribution in [2.24, 2.45) is 5.92 Å². The number of rotatable bonds is 7. The first kappa shape index (κ1) is 15.5. The van der Waals surface area contributed by atoms with Crippen molar-refractivity contribution >= 4 is 11.6 Å². The molecule has 1 aromatic carbocycles. The number of hydrogen-bond donors (Lipinski definition) is 1. The normalized spacial score (nSPS) is 14.5. The quantitative estimate of drug-likeness (QED) is 0.723. The lowest BCUT2D eigenvalue weighted by atomic mass is 9.92. The van der Waals surface area contributed by atoms with Crippen LogP contribution in [-0.2, 0) is 0 Å². The number of halogens is 1. The molecule has 0 heterocycles. The molecule has 1 rings (SSSR count). The molecule has 0 aliphatic rings. The summed E-state index contributed by atoms with van der Waals surface area (Å²) in [6, 6.07) is 6.76. The van der Waals surface area contributed by atoms with Crippen LogP contribution in [0, 0.1) is 12.8 Å². The smallest absolute Gasteiger partial charge is 0.0456 e. The molecular weight excluding hydrogens is 242 g/mol. The maximum atomic E-state index is 6.38. The lowest BCUT2D eigenvalue weighted by molar-refractivity contribution is 0.395. The van der Waals surface area contributed by atoms with Crippen molar-refractivity contribution in [3.8, 4) is 0 Å². The standard InChI is InChI=1S/C16H26ClN/c1-5-7-12(3)11-16(18-6-2)14-9-8-13(4)10-15(14)17/h8-10,12,16,18H,5-7,11H2,1-4H3. The van der Waals surface area contributed by atoms with Gasteiger partial charge in [-0.2, -0.15) is 0 Å². The molecule has 0 radical (unpaired) electrons. The van der Waals surface area contributed by atoms with Gasteiger partial charge in [-0.05, 0) is 43.0 Å². The van der Waals surface area contributed by atoms with Gasteiger partial charge in [0.2, 0.25) is 0 Å². The highest BCUT2D eigenvalue weighted by Crippen LogP contribution is 2.29. The highest BCUT2D eigenvalue weighted by molar-refractivity contribution is 6.31. The zero-order chi connectivity index (χ0) is 13.5. The topological polar surface area (TPSA) is 12.0 Å². The molecule has 1 aromatic rings. The average Bonchev–Trinajstić information content (AvgIpc) is 2.29. The molecule has 2 heteroatoms. The Labute approximate surface area is 117 Å². The summed E-state index contributed by atoms with van der Waals surface area (Å²) in [6.07, 6.45) is 3.69. The second kappa shape index (κ2) is 7.81. The summed E-state index contributed by atoms with van der Waals surface area (Å²) >= 11 is 6.38. The summed E-state index contributed by atoms with van der Waals surface area (Å²) in [5, 5.41) is 4.46. The molecule has 0 spiro atoms. The van der Waals surface area contributed by atoms with Gasteiger partial charge in [-0.1, -0.05) is 57.3 Å². The van der Waals surface area contributed by atoms with Crippen LogP contribution in [-0.4, -0.2) is 6.54 Å². The van der Waals surface area contributed by atoms with Crippen LogP contribution < -0.4 is 5.32 Å². The zero-order valence-electron chi connectivity index (χ0n) is 12.1. The average molecular weight is 268 g/mol. The van der Waals surface area contributed by atoms with E-state index >= 15 is 0 Å². The van der Waals surface area contributed by atoms with Gasteiger partial charge in [-0.3, -0.25) is 0 Å². The Bertz CT molecular complexity index is 362. The minimum Gasteiger partial charge on any atom is -0.310 e. The molecule has 2 unspecified atom stereocenters. The molecule has 0 aromatic heterocycles. The summed E-state index contributed by atoms with van der Waals surface area (Å²) in [5.74, 6) is 0.733. The van der Waals surface area contributed by atoms with E-state index in [2.05, 4.69) is 51.2 Å². The van der Waals surface area contributed by atoms with E-state index in [1.54, 1.807) is 0 Å². The van der Waals surface area contributed by atoms with Gasteiger partial charge in [0.25, 0.3) is 0 Å². The number of nitrogens with one attached hydrogen (secondary N) is 1. The molecule has 0 saturated heterocycles. The molecule has 2 atom stereocenters. The van der Waals surface area contributed by atoms with E-state index < -0.39 is 0 Å². The maximum absolute atomic E-state index is 6.38. The van der Waals surface area contributed by atoms with E-state index in [1.807, 2.05) is 0 Å². The number of aryl methyl sites for hydroxylation is 1. The summed E-state index contributed by atoms with van der Waals surface area (Å²) in [7, 11) is 0. The van der Waals surface area contributed by atoms with E-state index in [0.29, 0.717) is 6.04 Å². The summed E-state index contributed by atoms with van der Waals surface area (Å²) in [4.78, 5) is 0. The van der Waals surface area contributed by atoms with Crippen LogP contribution in [0.2, 0.25) is 5.02 Å². The van der Waals surface area contributed by atoms with Crippen LogP contribution >= 0.6 is 11.6 Å². The van der Waals surface area contributed by atoms with Gasteiger partial charge in [0.15, 0.2) is 0 Å². The number of benzene rings is 1. The summed E-state index contributed by atoms with van der Waals surface area (Å²) in [5.41, 5.74) is 2.47. The van der Waals surface area contributed by atoms with Gasteiger partial charge >= 0.3 is 0 Å². The third kappa shape index (κ3) is 4.62. The Balaban J connectivity index is 2.82. The molecule has 18 heavy (non-hydrogen) atoms. The van der Waals surface area contributed by atoms with E-state index in [4.69, 9.17) is 11.6 Å². The van der Waals surface area contributed by atoms with Crippen molar-refractivity contribution in [1.29, 1.82) is 0 Å². The third-order valence-corrected chi connectivity index (χ3v) is 3.73. The zero-order valence-corrected chi connectivity index (χ0v) is 12.8. The summed E-state index contributed by atoms with van der Waals surface area (Å²) < 4.78 is 0. The lowest BCUT2D eigenvalue weighted by Gasteiger charge is -2.23. The van der Waals surface area contributed by atoms with Gasteiger partial charge < -0.3 is 5.32 Å². The van der Waals surface area contributed by atoms with Crippen LogP contribution in [0.15, 0.2) is 18.2 Å². The van der Waals surface area contributed by atoms with E-state index in [0.717, 1.165) is 23.9 Å². The van der Waals surface area contributed by atoms with Crippen LogP contribution in [0.5, 0.6) is 0 Å². The fraction of sp³-hybridized carbons (Fsp3) is 0.625. The highest BCUT2D eigenvalue weighted by atomic mass is 35.5. The third-order valence-electron chi connectivity index (χ3n) is 3.40. The van der Waals surface area contributed by atoms with Crippen molar-refractivity contribution < 1.29 is 0 Å². The largest absolute Gasteiger partial charge is 0.310 e. The SMILES string of the molecule is CCCC(C)CC(NCC)c1ccc(C)cc1Cl. The second-order valence-electron chi connectivity index (χ2n) is 5.26. The van der Waals surface area contributed by atoms with Gasteiger partial charge in [0, 0.05) is 11.1 Å². The molecule has 1 N–H and O–H groups in total. The molecular formula is C16H26ClN. The maximum Gasteiger partial charge on any atom is 0.0456 e. The number of hydrogen-bond acceptors (Lipinski definition) is 1. The molecule has 0 bridgehead atoms. The molecule has 0 fully saturated rings. The Morgan fingerprint density at radius 3 is 2.56 bits per heavy atom. The van der Waals surface area contributed by atoms with Crippen LogP contribution in [0.3, 0.4) is 0 Å². The monoisotopic (exact) mass is 267 g/mol. The summed E-state index contributed by atoms with van der Waals surface area (Å²) in [6.45, 7) is 9.79. The second-order valence-corrected chi connectivity index (χ2v) is 5.67. The Morgan fingerprint density at radius 1 is 1.28 bits per heavy atom. The molecule has 0 saturated carbocycles. The fourth-order valence-corrected chi connectivity index (χ4v) is 2.86. The van der Waals surface area contributed by atoms with Crippen LogP contribution in [0.1, 0.15) is 57.2 Å². The predicted molar refractivity (Wildman–Crippen MR) is 81.3 cm³/mol. The van der Waals surface area contributed by atoms with E-state index in [9.17, 15) is 0 Å². The van der Waals surface area contributed by atoms with Gasteiger partial charge in [0.05, 0.1) is 0 Å². The molecule has 0 aliphatic heterocycles. The van der Waals surface area contributed by atoms with E-state index in [1.165, 1.54) is 24.0 Å². The first-order chi connectivity index (χ1) is 8.58. The van der Waals surface area contributed by atoms with Crippen molar-refractivity contribution in [2.45, 2.75) is 53.0 Å². The Kier molecular flexibility index (Phi) is 6.73. The van der Waals surface area contributed by atoms with Crippen molar-refractivity contribution in [2.75, 3.05) is 6.54 Å². The van der Waals surface area contributed by atoms with Crippen LogP contribution in [0.25, 0.3) is 0 Å². The van der Waals surface area contributed by atoms with E-state index in [-0.39, 0.29) is 0 Å². The first-order valence-corrected chi connectivity index (χ1v) is 7.45. The minimum atomic E-state index is 0.379. The lowest BCUT2D eigenvalue weighted by Crippen LogP contribution is -2.23. The molecule has 0 amide bonds. The van der Waals surface area contributed by atoms with Crippen LogP contribution in [0.4, 0.5) is 0 Å². The molecule has 0 aliphatic carbocycles.